The largest absolute Gasteiger partial charge is 0.489 e. The molecule has 0 atom stereocenters. The van der Waals surface area contributed by atoms with Gasteiger partial charge in [0.2, 0.25) is 11.8 Å². The number of ether oxygens (including phenoxy) is 1. The Kier molecular flexibility index (Phi) is 11.7. The number of benzene rings is 3. The van der Waals surface area contributed by atoms with Crippen molar-refractivity contribution >= 4 is 41.1 Å². The number of rotatable bonds is 10. The Labute approximate surface area is 307 Å². The molecule has 0 spiro atoms. The van der Waals surface area contributed by atoms with Crippen molar-refractivity contribution in [3.63, 3.8) is 0 Å². The minimum atomic E-state index is -4.44. The maximum absolute atomic E-state index is 13.7. The first-order chi connectivity index (χ1) is 24.9. The smallest absolute Gasteiger partial charge is 0.417 e. The van der Waals surface area contributed by atoms with Crippen molar-refractivity contribution in [2.75, 3.05) is 32.7 Å². The van der Waals surface area contributed by atoms with E-state index in [2.05, 4.69) is 10.4 Å². The van der Waals surface area contributed by atoms with E-state index in [1.165, 1.54) is 46.8 Å². The molecule has 0 radical (unpaired) electrons. The van der Waals surface area contributed by atoms with Crippen LogP contribution in [-0.2, 0) is 22.3 Å². The van der Waals surface area contributed by atoms with Gasteiger partial charge in [-0.25, -0.2) is 4.39 Å². The third-order valence-electron chi connectivity index (χ3n) is 9.03. The van der Waals surface area contributed by atoms with Crippen LogP contribution in [0, 0.1) is 5.82 Å². The molecule has 1 N–H and O–H groups in total. The van der Waals surface area contributed by atoms with Gasteiger partial charge in [0.1, 0.15) is 24.2 Å². The highest BCUT2D eigenvalue weighted by Gasteiger charge is 2.34. The first-order valence-corrected chi connectivity index (χ1v) is 18.1. The van der Waals surface area contributed by atoms with Crippen LogP contribution in [0.2, 0.25) is 5.02 Å². The van der Waals surface area contributed by atoms with Gasteiger partial charge in [0.15, 0.2) is 5.69 Å². The summed E-state index contributed by atoms with van der Waals surface area (Å²) in [5.41, 5.74) is 0.673. The molecule has 3 aromatic carbocycles. The lowest BCUT2D eigenvalue weighted by Gasteiger charge is -2.32. The summed E-state index contributed by atoms with van der Waals surface area (Å²) in [5.74, 6) is -1.29. The van der Waals surface area contributed by atoms with Gasteiger partial charge in [0.05, 0.1) is 22.8 Å². The lowest BCUT2D eigenvalue weighted by molar-refractivity contribution is -0.139. The third-order valence-corrected chi connectivity index (χ3v) is 10.8. The summed E-state index contributed by atoms with van der Waals surface area (Å²) in [6, 6.07) is 20.2. The number of thioether (sulfide) groups is 1. The summed E-state index contributed by atoms with van der Waals surface area (Å²) < 4.78 is 61.4. The van der Waals surface area contributed by atoms with Crippen LogP contribution in [0.1, 0.15) is 41.7 Å². The molecule has 3 amide bonds. The number of amides is 3. The van der Waals surface area contributed by atoms with Crippen LogP contribution < -0.4 is 10.1 Å². The maximum Gasteiger partial charge on any atom is 0.417 e. The standard InChI is InChI=1S/C37H36ClF4N5O4S/c38-29-11-10-25(39)20-32(29)51-26-12-16-46(17-13-26)35(49)23-47-31(24-6-2-1-3-7-24)21-30(44-47)36(50)43-22-34(48)45-18-14-27(15-19-45)52-33-9-5-4-8-28(33)37(40,41)42/h1-11,20-21,26-27H,12-19,22-23H2,(H,43,50). The lowest BCUT2D eigenvalue weighted by Crippen LogP contribution is -2.44. The predicted octanol–water partition coefficient (Wildman–Crippen LogP) is 6.94. The summed E-state index contributed by atoms with van der Waals surface area (Å²) in [7, 11) is 0. The molecule has 4 aromatic rings. The average molecular weight is 758 g/mol. The van der Waals surface area contributed by atoms with E-state index in [4.69, 9.17) is 16.3 Å². The number of carbonyl (C=O) groups is 3. The molecule has 15 heteroatoms. The number of halogens is 5. The number of aromatic nitrogens is 2. The van der Waals surface area contributed by atoms with Crippen LogP contribution in [0.3, 0.4) is 0 Å². The molecule has 0 unspecified atom stereocenters. The van der Waals surface area contributed by atoms with Crippen LogP contribution in [0.4, 0.5) is 17.6 Å². The second-order valence-corrected chi connectivity index (χ2v) is 14.3. The van der Waals surface area contributed by atoms with E-state index in [9.17, 15) is 31.9 Å². The number of piperidine rings is 2. The van der Waals surface area contributed by atoms with Gasteiger partial charge in [-0.3, -0.25) is 19.1 Å². The molecular formula is C37H36ClF4N5O4S. The van der Waals surface area contributed by atoms with Crippen molar-refractivity contribution in [3.8, 4) is 17.0 Å². The van der Waals surface area contributed by atoms with E-state index in [0.717, 1.165) is 11.6 Å². The third kappa shape index (κ3) is 9.26. The Morgan fingerprint density at radius 1 is 0.865 bits per heavy atom. The summed E-state index contributed by atoms with van der Waals surface area (Å²) in [4.78, 5) is 43.1. The number of carbonyl (C=O) groups excluding carboxylic acids is 3. The molecule has 1 aromatic heterocycles. The van der Waals surface area contributed by atoms with Gasteiger partial charge in [-0.05, 0) is 48.7 Å². The molecule has 52 heavy (non-hydrogen) atoms. The summed E-state index contributed by atoms with van der Waals surface area (Å²) in [6.07, 6.45) is -2.61. The molecule has 0 aliphatic carbocycles. The number of hydrogen-bond donors (Lipinski definition) is 1. The average Bonchev–Trinajstić information content (AvgIpc) is 3.56. The fourth-order valence-corrected chi connectivity index (χ4v) is 7.69. The van der Waals surface area contributed by atoms with E-state index in [1.807, 2.05) is 30.3 Å². The molecule has 3 heterocycles. The molecule has 6 rings (SSSR count). The van der Waals surface area contributed by atoms with E-state index in [-0.39, 0.29) is 52.6 Å². The van der Waals surface area contributed by atoms with Gasteiger partial charge in [-0.15, -0.1) is 11.8 Å². The first kappa shape index (κ1) is 37.2. The summed E-state index contributed by atoms with van der Waals surface area (Å²) in [5, 5.41) is 7.31. The Morgan fingerprint density at radius 3 is 2.23 bits per heavy atom. The Morgan fingerprint density at radius 2 is 1.52 bits per heavy atom. The van der Waals surface area contributed by atoms with E-state index < -0.39 is 23.5 Å². The highest BCUT2D eigenvalue weighted by molar-refractivity contribution is 8.00. The van der Waals surface area contributed by atoms with Gasteiger partial charge in [0.25, 0.3) is 5.91 Å². The van der Waals surface area contributed by atoms with Crippen LogP contribution in [-0.4, -0.2) is 81.4 Å². The zero-order valence-electron chi connectivity index (χ0n) is 28.0. The number of hydrogen-bond acceptors (Lipinski definition) is 6. The minimum Gasteiger partial charge on any atom is -0.489 e. The van der Waals surface area contributed by atoms with Crippen molar-refractivity contribution in [1.82, 2.24) is 24.9 Å². The minimum absolute atomic E-state index is 0.0389. The Bertz CT molecular complexity index is 1890. The summed E-state index contributed by atoms with van der Waals surface area (Å²) in [6.45, 7) is 1.12. The van der Waals surface area contributed by atoms with Crippen molar-refractivity contribution in [1.29, 1.82) is 0 Å². The topological polar surface area (TPSA) is 96.8 Å². The maximum atomic E-state index is 13.7. The van der Waals surface area contributed by atoms with Crippen molar-refractivity contribution in [3.05, 3.63) is 101 Å². The van der Waals surface area contributed by atoms with Gasteiger partial charge < -0.3 is 19.9 Å². The van der Waals surface area contributed by atoms with Gasteiger partial charge in [-0.1, -0.05) is 54.1 Å². The molecule has 2 aliphatic rings. The molecule has 274 valence electrons. The van der Waals surface area contributed by atoms with Crippen LogP contribution in [0.5, 0.6) is 5.75 Å². The van der Waals surface area contributed by atoms with Crippen molar-refractivity contribution < 1.29 is 36.7 Å². The van der Waals surface area contributed by atoms with Gasteiger partial charge in [0, 0.05) is 55.2 Å². The number of likely N-dealkylation sites (tertiary alicyclic amines) is 2. The first-order valence-electron chi connectivity index (χ1n) is 16.9. The van der Waals surface area contributed by atoms with Crippen molar-refractivity contribution in [2.24, 2.45) is 0 Å². The fraction of sp³-hybridized carbons (Fsp3) is 0.351. The van der Waals surface area contributed by atoms with Gasteiger partial charge >= 0.3 is 6.18 Å². The molecule has 2 fully saturated rings. The zero-order valence-corrected chi connectivity index (χ0v) is 29.5. The Hall–Kier alpha value is -4.56. The van der Waals surface area contributed by atoms with E-state index in [0.29, 0.717) is 62.6 Å². The predicted molar refractivity (Wildman–Crippen MR) is 189 cm³/mol. The SMILES string of the molecule is O=C(NCC(=O)N1CCC(Sc2ccccc2C(F)(F)F)CC1)c1cc(-c2ccccc2)n(CC(=O)N2CCC(Oc3cc(F)ccc3Cl)CC2)n1. The fourth-order valence-electron chi connectivity index (χ4n) is 6.25. The zero-order chi connectivity index (χ0) is 36.8. The monoisotopic (exact) mass is 757 g/mol. The summed E-state index contributed by atoms with van der Waals surface area (Å²) >= 11 is 7.32. The highest BCUT2D eigenvalue weighted by Crippen LogP contribution is 2.40. The number of alkyl halides is 3. The number of nitrogens with one attached hydrogen (secondary N) is 1. The molecule has 2 saturated heterocycles. The molecule has 0 bridgehead atoms. The molecule has 9 nitrogen and oxygen atoms in total. The van der Waals surface area contributed by atoms with E-state index >= 15 is 0 Å². The van der Waals surface area contributed by atoms with Crippen molar-refractivity contribution in [2.45, 2.75) is 54.7 Å². The molecular weight excluding hydrogens is 722 g/mol. The molecule has 2 aliphatic heterocycles. The second-order valence-electron chi connectivity index (χ2n) is 12.6. The van der Waals surface area contributed by atoms with Crippen LogP contribution in [0.15, 0.2) is 83.8 Å². The Balaban J connectivity index is 1.03. The van der Waals surface area contributed by atoms with Crippen LogP contribution >= 0.6 is 23.4 Å². The highest BCUT2D eigenvalue weighted by atomic mass is 35.5. The second kappa shape index (κ2) is 16.4. The molecule has 0 saturated carbocycles. The lowest BCUT2D eigenvalue weighted by atomic mass is 10.1. The quantitative estimate of drug-likeness (QED) is 0.176. The van der Waals surface area contributed by atoms with E-state index in [1.54, 1.807) is 21.9 Å². The van der Waals surface area contributed by atoms with Gasteiger partial charge in [-0.2, -0.15) is 18.3 Å². The number of nitrogens with zero attached hydrogens (tertiary/aromatic N) is 4. The normalized spacial score (nSPS) is 15.8. The van der Waals surface area contributed by atoms with Crippen LogP contribution in [0.25, 0.3) is 11.3 Å².